The van der Waals surface area contributed by atoms with Crippen LogP contribution in [-0.4, -0.2) is 13.2 Å². The molecular formula is C19H22N2O. The highest BCUT2D eigenvalue weighted by Gasteiger charge is 1.99. The van der Waals surface area contributed by atoms with Crippen molar-refractivity contribution in [2.45, 2.75) is 25.7 Å². The van der Waals surface area contributed by atoms with E-state index in [1.807, 2.05) is 48.5 Å². The van der Waals surface area contributed by atoms with Crippen LogP contribution < -0.4 is 10.5 Å². The highest BCUT2D eigenvalue weighted by atomic mass is 16.5. The topological polar surface area (TPSA) is 59.0 Å². The predicted molar refractivity (Wildman–Crippen MR) is 89.6 cm³/mol. The van der Waals surface area contributed by atoms with Gasteiger partial charge in [0.1, 0.15) is 5.75 Å². The van der Waals surface area contributed by atoms with Gasteiger partial charge >= 0.3 is 0 Å². The summed E-state index contributed by atoms with van der Waals surface area (Å²) in [6.45, 7) is 1.53. The molecule has 3 heteroatoms. The van der Waals surface area contributed by atoms with Crippen molar-refractivity contribution in [3.05, 3.63) is 54.1 Å². The molecule has 0 fully saturated rings. The molecule has 0 saturated heterocycles. The summed E-state index contributed by atoms with van der Waals surface area (Å²) in [4.78, 5) is 0. The molecule has 0 aliphatic carbocycles. The summed E-state index contributed by atoms with van der Waals surface area (Å²) >= 11 is 0. The molecular weight excluding hydrogens is 272 g/mol. The smallest absolute Gasteiger partial charge is 0.119 e. The number of hydrogen-bond donors (Lipinski definition) is 1. The van der Waals surface area contributed by atoms with E-state index in [-0.39, 0.29) is 0 Å². The molecule has 0 aliphatic rings. The Hall–Kier alpha value is -2.31. The van der Waals surface area contributed by atoms with Crippen LogP contribution in [0.15, 0.2) is 48.5 Å². The highest BCUT2D eigenvalue weighted by Crippen LogP contribution is 2.22. The zero-order valence-corrected chi connectivity index (χ0v) is 12.8. The average Bonchev–Trinajstić information content (AvgIpc) is 2.59. The molecule has 3 nitrogen and oxygen atoms in total. The highest BCUT2D eigenvalue weighted by molar-refractivity contribution is 5.64. The molecule has 2 rings (SSSR count). The Morgan fingerprint density at radius 2 is 1.41 bits per heavy atom. The van der Waals surface area contributed by atoms with Crippen LogP contribution in [-0.2, 0) is 0 Å². The second kappa shape index (κ2) is 8.86. The van der Waals surface area contributed by atoms with Crippen molar-refractivity contribution in [1.82, 2.24) is 0 Å². The van der Waals surface area contributed by atoms with E-state index in [0.717, 1.165) is 42.9 Å². The Morgan fingerprint density at radius 1 is 0.818 bits per heavy atom. The van der Waals surface area contributed by atoms with Crippen LogP contribution in [0, 0.1) is 11.3 Å². The SMILES string of the molecule is N#Cc1ccc(-c2ccc(OCCCCCCN)cc2)cc1. The fourth-order valence-electron chi connectivity index (χ4n) is 2.27. The molecule has 0 bridgehead atoms. The molecule has 0 atom stereocenters. The van der Waals surface area contributed by atoms with Gasteiger partial charge in [0.25, 0.3) is 0 Å². The van der Waals surface area contributed by atoms with Gasteiger partial charge in [-0.15, -0.1) is 0 Å². The van der Waals surface area contributed by atoms with E-state index in [1.54, 1.807) is 0 Å². The maximum absolute atomic E-state index is 8.81. The summed E-state index contributed by atoms with van der Waals surface area (Å²) in [7, 11) is 0. The third-order valence-corrected chi connectivity index (χ3v) is 3.57. The van der Waals surface area contributed by atoms with Gasteiger partial charge in [0.2, 0.25) is 0 Å². The van der Waals surface area contributed by atoms with Crippen molar-refractivity contribution in [3.8, 4) is 22.9 Å². The Balaban J connectivity index is 1.83. The van der Waals surface area contributed by atoms with Gasteiger partial charge in [-0.1, -0.05) is 37.1 Å². The first-order valence-corrected chi connectivity index (χ1v) is 7.77. The van der Waals surface area contributed by atoms with Crippen molar-refractivity contribution >= 4 is 0 Å². The van der Waals surface area contributed by atoms with Gasteiger partial charge in [-0.3, -0.25) is 0 Å². The van der Waals surface area contributed by atoms with E-state index < -0.39 is 0 Å². The zero-order valence-electron chi connectivity index (χ0n) is 12.8. The molecule has 114 valence electrons. The van der Waals surface area contributed by atoms with Crippen LogP contribution in [0.2, 0.25) is 0 Å². The third-order valence-electron chi connectivity index (χ3n) is 3.57. The Morgan fingerprint density at radius 3 is 2.00 bits per heavy atom. The number of rotatable bonds is 8. The molecule has 0 aromatic heterocycles. The number of unbranched alkanes of at least 4 members (excludes halogenated alkanes) is 3. The molecule has 0 aliphatic heterocycles. The van der Waals surface area contributed by atoms with E-state index in [1.165, 1.54) is 12.8 Å². The molecule has 2 N–H and O–H groups in total. The number of nitrogens with two attached hydrogens (primary N) is 1. The van der Waals surface area contributed by atoms with Gasteiger partial charge < -0.3 is 10.5 Å². The van der Waals surface area contributed by atoms with Crippen molar-refractivity contribution in [2.24, 2.45) is 5.73 Å². The lowest BCUT2D eigenvalue weighted by molar-refractivity contribution is 0.305. The first-order valence-electron chi connectivity index (χ1n) is 7.77. The van der Waals surface area contributed by atoms with Crippen LogP contribution in [0.1, 0.15) is 31.2 Å². The molecule has 0 unspecified atom stereocenters. The van der Waals surface area contributed by atoms with Crippen LogP contribution in [0.3, 0.4) is 0 Å². The average molecular weight is 294 g/mol. The maximum atomic E-state index is 8.81. The molecule has 22 heavy (non-hydrogen) atoms. The molecule has 0 amide bonds. The van der Waals surface area contributed by atoms with E-state index in [0.29, 0.717) is 5.56 Å². The summed E-state index contributed by atoms with van der Waals surface area (Å²) in [6, 6.07) is 17.8. The Kier molecular flexibility index (Phi) is 6.47. The summed E-state index contributed by atoms with van der Waals surface area (Å²) in [6.07, 6.45) is 4.51. The predicted octanol–water partition coefficient (Wildman–Crippen LogP) is 4.12. The van der Waals surface area contributed by atoms with Gasteiger partial charge in [-0.05, 0) is 54.8 Å². The molecule has 0 spiro atoms. The standard InChI is InChI=1S/C19H22N2O/c20-13-3-1-2-4-14-22-19-11-9-18(10-12-19)17-7-5-16(15-21)6-8-17/h5-12H,1-4,13-14,20H2. The summed E-state index contributed by atoms with van der Waals surface area (Å²) in [5, 5.41) is 8.81. The van der Waals surface area contributed by atoms with Gasteiger partial charge in [0.05, 0.1) is 18.2 Å². The van der Waals surface area contributed by atoms with E-state index in [4.69, 9.17) is 15.7 Å². The van der Waals surface area contributed by atoms with Gasteiger partial charge in [0.15, 0.2) is 0 Å². The van der Waals surface area contributed by atoms with Crippen molar-refractivity contribution < 1.29 is 4.74 Å². The molecule has 0 heterocycles. The lowest BCUT2D eigenvalue weighted by Crippen LogP contribution is -2.00. The number of ether oxygens (including phenoxy) is 1. The quantitative estimate of drug-likeness (QED) is 0.745. The lowest BCUT2D eigenvalue weighted by Gasteiger charge is -2.07. The molecule has 0 radical (unpaired) electrons. The van der Waals surface area contributed by atoms with Crippen LogP contribution in [0.25, 0.3) is 11.1 Å². The summed E-state index contributed by atoms with van der Waals surface area (Å²) in [5.74, 6) is 0.899. The van der Waals surface area contributed by atoms with Crippen molar-refractivity contribution in [3.63, 3.8) is 0 Å². The molecule has 0 saturated carbocycles. The summed E-state index contributed by atoms with van der Waals surface area (Å²) in [5.41, 5.74) is 8.37. The fraction of sp³-hybridized carbons (Fsp3) is 0.316. The van der Waals surface area contributed by atoms with Crippen molar-refractivity contribution in [1.29, 1.82) is 5.26 Å². The molecule has 2 aromatic rings. The van der Waals surface area contributed by atoms with Crippen LogP contribution in [0.4, 0.5) is 0 Å². The number of hydrogen-bond acceptors (Lipinski definition) is 3. The monoisotopic (exact) mass is 294 g/mol. The van der Waals surface area contributed by atoms with Gasteiger partial charge in [-0.2, -0.15) is 5.26 Å². The largest absolute Gasteiger partial charge is 0.494 e. The summed E-state index contributed by atoms with van der Waals surface area (Å²) < 4.78 is 5.74. The number of benzene rings is 2. The van der Waals surface area contributed by atoms with E-state index in [9.17, 15) is 0 Å². The Bertz CT molecular complexity index is 597. The number of nitriles is 1. The minimum Gasteiger partial charge on any atom is -0.494 e. The third kappa shape index (κ3) is 4.91. The second-order valence-corrected chi connectivity index (χ2v) is 5.26. The van der Waals surface area contributed by atoms with Crippen LogP contribution >= 0.6 is 0 Å². The minimum absolute atomic E-state index is 0.679. The number of nitrogens with zero attached hydrogens (tertiary/aromatic N) is 1. The second-order valence-electron chi connectivity index (χ2n) is 5.26. The lowest BCUT2D eigenvalue weighted by atomic mass is 10.0. The zero-order chi connectivity index (χ0) is 15.6. The first kappa shape index (κ1) is 16.1. The molecule has 2 aromatic carbocycles. The van der Waals surface area contributed by atoms with Gasteiger partial charge in [0, 0.05) is 0 Å². The fourth-order valence-corrected chi connectivity index (χ4v) is 2.27. The maximum Gasteiger partial charge on any atom is 0.119 e. The van der Waals surface area contributed by atoms with Gasteiger partial charge in [-0.25, -0.2) is 0 Å². The minimum atomic E-state index is 0.679. The normalized spacial score (nSPS) is 10.2. The van der Waals surface area contributed by atoms with E-state index >= 15 is 0 Å². The Labute approximate surface area is 132 Å². The first-order chi connectivity index (χ1) is 10.8. The van der Waals surface area contributed by atoms with E-state index in [2.05, 4.69) is 6.07 Å². The van der Waals surface area contributed by atoms with Crippen molar-refractivity contribution in [2.75, 3.05) is 13.2 Å². The van der Waals surface area contributed by atoms with Crippen LogP contribution in [0.5, 0.6) is 5.75 Å².